The highest BCUT2D eigenvalue weighted by atomic mass is 16.2. The molecule has 1 saturated heterocycles. The molecule has 1 unspecified atom stereocenters. The van der Waals surface area contributed by atoms with E-state index in [1.54, 1.807) is 18.5 Å². The highest BCUT2D eigenvalue weighted by molar-refractivity contribution is 5.98. The second-order valence-corrected chi connectivity index (χ2v) is 10.9. The lowest BCUT2D eigenvalue weighted by molar-refractivity contribution is -0.124. The Bertz CT molecular complexity index is 1470. The molecule has 2 aromatic heterocycles. The van der Waals surface area contributed by atoms with Gasteiger partial charge in [0, 0.05) is 41.6 Å². The van der Waals surface area contributed by atoms with Crippen molar-refractivity contribution >= 4 is 28.3 Å². The Morgan fingerprint density at radius 2 is 1.77 bits per heavy atom. The van der Waals surface area contributed by atoms with Crippen LogP contribution in [0.1, 0.15) is 50.5 Å². The number of carbonyl (C=O) groups excluding carboxylic acids is 2. The van der Waals surface area contributed by atoms with Gasteiger partial charge >= 0.3 is 0 Å². The summed E-state index contributed by atoms with van der Waals surface area (Å²) < 4.78 is 0. The van der Waals surface area contributed by atoms with Gasteiger partial charge in [0.25, 0.3) is 5.91 Å². The maximum atomic E-state index is 13.6. The molecule has 2 amide bonds. The van der Waals surface area contributed by atoms with Crippen LogP contribution >= 0.6 is 0 Å². The summed E-state index contributed by atoms with van der Waals surface area (Å²) in [5.74, 6) is -0.245. The van der Waals surface area contributed by atoms with E-state index in [-0.39, 0.29) is 29.8 Å². The van der Waals surface area contributed by atoms with Crippen LogP contribution in [0.2, 0.25) is 0 Å². The predicted octanol–water partition coefficient (Wildman–Crippen LogP) is 5.62. The summed E-state index contributed by atoms with van der Waals surface area (Å²) in [6.07, 6.45) is 5.78. The number of hydrogen-bond donors (Lipinski definition) is 2. The standard InChI is InChI=1S/C33H37N5O2/c1-4-31-28(15-17-38(31)26-13-9-12-24(19-26)27-14-7-8-16-34-27)36-33(40)30(18-22(2)3)37-32(39)29-20-23-10-5-6-11-25(23)21-35-29/h5-14,16,19-22,28,30-31H,4,15,17-18H2,1-3H3,(H,36,40)(H,37,39)/t28-,30+,31?/m1/s1. The van der Waals surface area contributed by atoms with Crippen molar-refractivity contribution in [2.24, 2.45) is 5.92 Å². The highest BCUT2D eigenvalue weighted by Gasteiger charge is 2.36. The molecular weight excluding hydrogens is 498 g/mol. The Labute approximate surface area is 236 Å². The van der Waals surface area contributed by atoms with Gasteiger partial charge in [-0.25, -0.2) is 0 Å². The highest BCUT2D eigenvalue weighted by Crippen LogP contribution is 2.31. The summed E-state index contributed by atoms with van der Waals surface area (Å²) in [6, 6.07) is 23.4. The van der Waals surface area contributed by atoms with Crippen molar-refractivity contribution in [3.8, 4) is 11.3 Å². The van der Waals surface area contributed by atoms with E-state index < -0.39 is 6.04 Å². The first-order valence-electron chi connectivity index (χ1n) is 14.2. The monoisotopic (exact) mass is 535 g/mol. The summed E-state index contributed by atoms with van der Waals surface area (Å²) >= 11 is 0. The van der Waals surface area contributed by atoms with Crippen LogP contribution in [0.15, 0.2) is 85.2 Å². The molecular formula is C33H37N5O2. The molecule has 4 aromatic rings. The molecule has 7 nitrogen and oxygen atoms in total. The van der Waals surface area contributed by atoms with E-state index in [1.807, 2.05) is 42.5 Å². The van der Waals surface area contributed by atoms with Gasteiger partial charge in [-0.1, -0.05) is 63.2 Å². The second kappa shape index (κ2) is 12.3. The Kier molecular flexibility index (Phi) is 8.39. The van der Waals surface area contributed by atoms with Crippen molar-refractivity contribution in [3.63, 3.8) is 0 Å². The van der Waals surface area contributed by atoms with E-state index in [0.717, 1.165) is 47.1 Å². The summed E-state index contributed by atoms with van der Waals surface area (Å²) in [7, 11) is 0. The van der Waals surface area contributed by atoms with Gasteiger partial charge in [0.05, 0.1) is 11.7 Å². The maximum Gasteiger partial charge on any atom is 0.270 e. The average Bonchev–Trinajstić information content (AvgIpc) is 3.39. The average molecular weight is 536 g/mol. The van der Waals surface area contributed by atoms with Crippen LogP contribution in [-0.2, 0) is 4.79 Å². The van der Waals surface area contributed by atoms with E-state index in [0.29, 0.717) is 12.1 Å². The molecule has 2 aromatic carbocycles. The first kappa shape index (κ1) is 27.3. The van der Waals surface area contributed by atoms with Gasteiger partial charge < -0.3 is 15.5 Å². The smallest absolute Gasteiger partial charge is 0.270 e. The molecule has 0 radical (unpaired) electrons. The van der Waals surface area contributed by atoms with E-state index in [2.05, 4.69) is 70.5 Å². The fourth-order valence-electron chi connectivity index (χ4n) is 5.65. The van der Waals surface area contributed by atoms with Gasteiger partial charge in [0.1, 0.15) is 11.7 Å². The zero-order chi connectivity index (χ0) is 28.1. The minimum atomic E-state index is -0.639. The fraction of sp³-hybridized carbons (Fsp3) is 0.333. The Morgan fingerprint density at radius 3 is 2.52 bits per heavy atom. The number of anilines is 1. The molecule has 0 aliphatic carbocycles. The van der Waals surface area contributed by atoms with Crippen molar-refractivity contribution < 1.29 is 9.59 Å². The van der Waals surface area contributed by atoms with Gasteiger partial charge in [-0.15, -0.1) is 0 Å². The molecule has 7 heteroatoms. The molecule has 0 saturated carbocycles. The quantitative estimate of drug-likeness (QED) is 0.291. The number of rotatable bonds is 9. The zero-order valence-electron chi connectivity index (χ0n) is 23.4. The molecule has 2 N–H and O–H groups in total. The summed E-state index contributed by atoms with van der Waals surface area (Å²) in [4.78, 5) is 38.0. The van der Waals surface area contributed by atoms with Crippen LogP contribution < -0.4 is 15.5 Å². The van der Waals surface area contributed by atoms with Crippen LogP contribution in [0.4, 0.5) is 5.69 Å². The number of nitrogens with zero attached hydrogens (tertiary/aromatic N) is 3. The zero-order valence-corrected chi connectivity index (χ0v) is 23.4. The lowest BCUT2D eigenvalue weighted by Gasteiger charge is -2.31. The van der Waals surface area contributed by atoms with Crippen molar-refractivity contribution in [2.75, 3.05) is 11.4 Å². The molecule has 206 valence electrons. The van der Waals surface area contributed by atoms with Gasteiger partial charge in [-0.05, 0) is 60.9 Å². The van der Waals surface area contributed by atoms with Crippen LogP contribution in [0.5, 0.6) is 0 Å². The third-order valence-corrected chi connectivity index (χ3v) is 7.62. The number of hydrogen-bond acceptors (Lipinski definition) is 5. The fourth-order valence-corrected chi connectivity index (χ4v) is 5.65. The summed E-state index contributed by atoms with van der Waals surface area (Å²) in [6.45, 7) is 7.11. The maximum absolute atomic E-state index is 13.6. The Hall–Kier alpha value is -4.26. The largest absolute Gasteiger partial charge is 0.366 e. The molecule has 0 spiro atoms. The molecule has 0 bridgehead atoms. The van der Waals surface area contributed by atoms with Gasteiger partial charge in [-0.2, -0.15) is 0 Å². The van der Waals surface area contributed by atoms with Crippen molar-refractivity contribution in [1.29, 1.82) is 0 Å². The second-order valence-electron chi connectivity index (χ2n) is 10.9. The normalized spacial score (nSPS) is 17.6. The SMILES string of the molecule is CCC1[C@H](NC(=O)[C@H](CC(C)C)NC(=O)c2cc3ccccc3cn2)CCN1c1cccc(-c2ccccn2)c1. The molecule has 1 fully saturated rings. The molecule has 1 aliphatic rings. The number of amides is 2. The lowest BCUT2D eigenvalue weighted by Crippen LogP contribution is -2.53. The molecule has 3 atom stereocenters. The third-order valence-electron chi connectivity index (χ3n) is 7.62. The van der Waals surface area contributed by atoms with Crippen LogP contribution in [0.25, 0.3) is 22.0 Å². The number of carbonyl (C=O) groups is 2. The van der Waals surface area contributed by atoms with Gasteiger partial charge in [0.2, 0.25) is 5.91 Å². The van der Waals surface area contributed by atoms with Gasteiger partial charge in [-0.3, -0.25) is 19.6 Å². The van der Waals surface area contributed by atoms with Crippen LogP contribution in [0.3, 0.4) is 0 Å². The summed E-state index contributed by atoms with van der Waals surface area (Å²) in [5.41, 5.74) is 3.45. The first-order chi connectivity index (χ1) is 19.4. The topological polar surface area (TPSA) is 87.2 Å². The number of nitrogens with one attached hydrogen (secondary N) is 2. The molecule has 40 heavy (non-hydrogen) atoms. The number of aromatic nitrogens is 2. The van der Waals surface area contributed by atoms with Crippen LogP contribution in [-0.4, -0.2) is 46.5 Å². The lowest BCUT2D eigenvalue weighted by atomic mass is 10.0. The van der Waals surface area contributed by atoms with E-state index >= 15 is 0 Å². The predicted molar refractivity (Wildman–Crippen MR) is 160 cm³/mol. The summed E-state index contributed by atoms with van der Waals surface area (Å²) in [5, 5.41) is 8.17. The van der Waals surface area contributed by atoms with Crippen molar-refractivity contribution in [2.45, 2.75) is 58.2 Å². The third kappa shape index (κ3) is 6.14. The minimum Gasteiger partial charge on any atom is -0.366 e. The number of pyridine rings is 2. The van der Waals surface area contributed by atoms with Crippen molar-refractivity contribution in [1.82, 2.24) is 20.6 Å². The minimum absolute atomic E-state index is 0.0126. The number of benzene rings is 2. The Balaban J connectivity index is 1.29. The van der Waals surface area contributed by atoms with E-state index in [4.69, 9.17) is 0 Å². The number of fused-ring (bicyclic) bond motifs is 1. The van der Waals surface area contributed by atoms with Gasteiger partial charge in [0.15, 0.2) is 0 Å². The Morgan fingerprint density at radius 1 is 0.975 bits per heavy atom. The van der Waals surface area contributed by atoms with E-state index in [1.165, 1.54) is 0 Å². The molecule has 1 aliphatic heterocycles. The van der Waals surface area contributed by atoms with Crippen molar-refractivity contribution in [3.05, 3.63) is 90.9 Å². The first-order valence-corrected chi connectivity index (χ1v) is 14.2. The van der Waals surface area contributed by atoms with Crippen LogP contribution in [0, 0.1) is 5.92 Å². The van der Waals surface area contributed by atoms with E-state index in [9.17, 15) is 9.59 Å². The molecule has 5 rings (SSSR count). The molecule has 3 heterocycles.